The maximum Gasteiger partial charge on any atom is 0.317 e. The molecule has 1 aliphatic rings. The van der Waals surface area contributed by atoms with Crippen molar-refractivity contribution in [2.24, 2.45) is 0 Å². The number of rotatable bonds is 3. The highest BCUT2D eigenvalue weighted by molar-refractivity contribution is 7.99. The fraction of sp³-hybridized carbons (Fsp3) is 0.500. The van der Waals surface area contributed by atoms with E-state index in [4.69, 9.17) is 11.6 Å². The quantitative estimate of drug-likeness (QED) is 0.925. The summed E-state index contributed by atoms with van der Waals surface area (Å²) >= 11 is 7.79. The van der Waals surface area contributed by atoms with Gasteiger partial charge in [0, 0.05) is 29.6 Å². The highest BCUT2D eigenvalue weighted by Crippen LogP contribution is 2.20. The Bertz CT molecular complexity index is 418. The summed E-state index contributed by atoms with van der Waals surface area (Å²) in [5, 5.41) is 3.83. The van der Waals surface area contributed by atoms with Crippen LogP contribution in [0.1, 0.15) is 24.9 Å². The number of nitrogens with zero attached hydrogens (tertiary/aromatic N) is 1. The first kappa shape index (κ1) is 14.5. The topological polar surface area (TPSA) is 32.3 Å². The predicted molar refractivity (Wildman–Crippen MR) is 81.9 cm³/mol. The van der Waals surface area contributed by atoms with Crippen LogP contribution in [0.2, 0.25) is 5.02 Å². The van der Waals surface area contributed by atoms with Crippen LogP contribution < -0.4 is 5.32 Å². The van der Waals surface area contributed by atoms with Crippen molar-refractivity contribution in [1.29, 1.82) is 0 Å². The smallest absolute Gasteiger partial charge is 0.317 e. The number of carbonyl (C=O) groups is 1. The summed E-state index contributed by atoms with van der Waals surface area (Å²) in [7, 11) is 0. The molecule has 1 atom stereocenters. The molecular formula is C14H19ClN2OS. The van der Waals surface area contributed by atoms with Gasteiger partial charge in [-0.3, -0.25) is 0 Å². The second kappa shape index (κ2) is 7.06. The van der Waals surface area contributed by atoms with Crippen LogP contribution in [-0.2, 0) is 0 Å². The first-order chi connectivity index (χ1) is 9.20. The molecule has 0 unspecified atom stereocenters. The van der Waals surface area contributed by atoms with Gasteiger partial charge in [0.25, 0.3) is 0 Å². The van der Waals surface area contributed by atoms with E-state index in [1.54, 1.807) is 0 Å². The number of urea groups is 1. The summed E-state index contributed by atoms with van der Waals surface area (Å²) in [6, 6.07) is 7.78. The lowest BCUT2D eigenvalue weighted by atomic mass is 10.1. The number of carbonyl (C=O) groups excluding carboxylic acids is 1. The summed E-state index contributed by atoms with van der Waals surface area (Å²) in [6.45, 7) is 3.76. The van der Waals surface area contributed by atoms with Crippen LogP contribution in [0.4, 0.5) is 4.79 Å². The van der Waals surface area contributed by atoms with Crippen molar-refractivity contribution < 1.29 is 4.79 Å². The van der Waals surface area contributed by atoms with Crippen molar-refractivity contribution in [1.82, 2.24) is 10.2 Å². The van der Waals surface area contributed by atoms with Gasteiger partial charge < -0.3 is 10.2 Å². The Hall–Kier alpha value is -0.870. The van der Waals surface area contributed by atoms with Crippen LogP contribution in [0, 0.1) is 0 Å². The molecule has 104 valence electrons. The third-order valence-electron chi connectivity index (χ3n) is 3.28. The van der Waals surface area contributed by atoms with E-state index in [0.29, 0.717) is 0 Å². The Balaban J connectivity index is 1.98. The normalized spacial score (nSPS) is 17.1. The van der Waals surface area contributed by atoms with Crippen molar-refractivity contribution in [3.05, 3.63) is 34.9 Å². The Labute approximate surface area is 123 Å². The number of hydrogen-bond donors (Lipinski definition) is 1. The average molecular weight is 299 g/mol. The van der Waals surface area contributed by atoms with Gasteiger partial charge in [0.15, 0.2) is 0 Å². The van der Waals surface area contributed by atoms with E-state index in [0.717, 1.165) is 41.6 Å². The van der Waals surface area contributed by atoms with E-state index in [1.165, 1.54) is 0 Å². The van der Waals surface area contributed by atoms with Gasteiger partial charge in [0.05, 0.1) is 6.04 Å². The molecule has 2 amide bonds. The summed E-state index contributed by atoms with van der Waals surface area (Å²) in [5.41, 5.74) is 1.10. The summed E-state index contributed by atoms with van der Waals surface area (Å²) in [5.74, 6) is 2.07. The number of thioether (sulfide) groups is 1. The number of benzene rings is 1. The molecule has 0 radical (unpaired) electrons. The minimum atomic E-state index is 0.0436. The molecule has 2 rings (SSSR count). The van der Waals surface area contributed by atoms with Gasteiger partial charge in [-0.25, -0.2) is 4.79 Å². The molecule has 1 N–H and O–H groups in total. The van der Waals surface area contributed by atoms with E-state index in [9.17, 15) is 4.79 Å². The predicted octanol–water partition coefficient (Wildman–Crippen LogP) is 3.55. The largest absolute Gasteiger partial charge is 0.331 e. The first-order valence-corrected chi connectivity index (χ1v) is 8.12. The van der Waals surface area contributed by atoms with Crippen molar-refractivity contribution >= 4 is 29.4 Å². The first-order valence-electron chi connectivity index (χ1n) is 6.59. The average Bonchev–Trinajstić information content (AvgIpc) is 2.46. The summed E-state index contributed by atoms with van der Waals surface area (Å²) in [6.07, 6.45) is 0.871. The van der Waals surface area contributed by atoms with Gasteiger partial charge in [0.2, 0.25) is 0 Å². The molecule has 0 aliphatic carbocycles. The van der Waals surface area contributed by atoms with E-state index in [1.807, 2.05) is 40.9 Å². The van der Waals surface area contributed by atoms with E-state index in [-0.39, 0.29) is 12.1 Å². The van der Waals surface area contributed by atoms with Crippen LogP contribution >= 0.6 is 23.4 Å². The zero-order valence-electron chi connectivity index (χ0n) is 11.1. The molecule has 0 aromatic heterocycles. The van der Waals surface area contributed by atoms with Crippen molar-refractivity contribution in [3.8, 4) is 0 Å². The zero-order chi connectivity index (χ0) is 13.7. The molecule has 0 saturated carbocycles. The van der Waals surface area contributed by atoms with Crippen molar-refractivity contribution in [2.75, 3.05) is 24.6 Å². The van der Waals surface area contributed by atoms with Crippen LogP contribution in [0.5, 0.6) is 0 Å². The summed E-state index contributed by atoms with van der Waals surface area (Å²) < 4.78 is 0. The lowest BCUT2D eigenvalue weighted by molar-refractivity contribution is 0.198. The molecule has 5 heteroatoms. The molecule has 0 bridgehead atoms. The van der Waals surface area contributed by atoms with E-state index < -0.39 is 0 Å². The number of amides is 2. The fourth-order valence-corrected chi connectivity index (χ4v) is 3.15. The number of hydrogen-bond acceptors (Lipinski definition) is 2. The molecule has 1 aromatic rings. The summed E-state index contributed by atoms with van der Waals surface area (Å²) in [4.78, 5) is 14.1. The van der Waals surface area contributed by atoms with Gasteiger partial charge in [-0.1, -0.05) is 30.7 Å². The molecule has 1 heterocycles. The van der Waals surface area contributed by atoms with Gasteiger partial charge in [-0.15, -0.1) is 0 Å². The van der Waals surface area contributed by atoms with Gasteiger partial charge in [0.1, 0.15) is 0 Å². The molecule has 3 nitrogen and oxygen atoms in total. The van der Waals surface area contributed by atoms with E-state index in [2.05, 4.69) is 12.2 Å². The highest BCUT2D eigenvalue weighted by Gasteiger charge is 2.19. The molecule has 1 saturated heterocycles. The Morgan fingerprint density at radius 3 is 2.58 bits per heavy atom. The molecule has 1 aromatic carbocycles. The lowest BCUT2D eigenvalue weighted by Gasteiger charge is -2.29. The van der Waals surface area contributed by atoms with Crippen LogP contribution in [-0.4, -0.2) is 35.5 Å². The minimum Gasteiger partial charge on any atom is -0.331 e. The van der Waals surface area contributed by atoms with Gasteiger partial charge in [-0.2, -0.15) is 11.8 Å². The fourth-order valence-electron chi connectivity index (χ4n) is 2.12. The van der Waals surface area contributed by atoms with Crippen molar-refractivity contribution in [2.45, 2.75) is 19.4 Å². The molecular weight excluding hydrogens is 280 g/mol. The third-order valence-corrected chi connectivity index (χ3v) is 4.47. The second-order valence-electron chi connectivity index (χ2n) is 4.56. The Kier molecular flexibility index (Phi) is 5.40. The Morgan fingerprint density at radius 1 is 1.37 bits per heavy atom. The molecule has 0 spiro atoms. The maximum absolute atomic E-state index is 12.2. The SMILES string of the molecule is CC[C@@H](NC(=O)N1CCSCC1)c1ccc(Cl)cc1. The van der Waals surface area contributed by atoms with Crippen molar-refractivity contribution in [3.63, 3.8) is 0 Å². The van der Waals surface area contributed by atoms with Crippen LogP contribution in [0.25, 0.3) is 0 Å². The van der Waals surface area contributed by atoms with Crippen LogP contribution in [0.3, 0.4) is 0 Å². The molecule has 1 fully saturated rings. The van der Waals surface area contributed by atoms with E-state index >= 15 is 0 Å². The molecule has 19 heavy (non-hydrogen) atoms. The Morgan fingerprint density at radius 2 is 2.00 bits per heavy atom. The highest BCUT2D eigenvalue weighted by atomic mass is 35.5. The third kappa shape index (κ3) is 4.05. The molecule has 1 aliphatic heterocycles. The van der Waals surface area contributed by atoms with Gasteiger partial charge >= 0.3 is 6.03 Å². The second-order valence-corrected chi connectivity index (χ2v) is 6.22. The zero-order valence-corrected chi connectivity index (χ0v) is 12.6. The maximum atomic E-state index is 12.2. The monoisotopic (exact) mass is 298 g/mol. The van der Waals surface area contributed by atoms with Gasteiger partial charge in [-0.05, 0) is 24.1 Å². The minimum absolute atomic E-state index is 0.0436. The number of halogens is 1. The standard InChI is InChI=1S/C14H19ClN2OS/c1-2-13(11-3-5-12(15)6-4-11)16-14(18)17-7-9-19-10-8-17/h3-6,13H,2,7-10H2,1H3,(H,16,18)/t13-/m1/s1. The van der Waals surface area contributed by atoms with Crippen LogP contribution in [0.15, 0.2) is 24.3 Å². The number of nitrogens with one attached hydrogen (secondary N) is 1. The lowest BCUT2D eigenvalue weighted by Crippen LogP contribution is -2.45.